The van der Waals surface area contributed by atoms with E-state index in [9.17, 15) is 13.2 Å². The SMILES string of the molecule is CCOc1ccc(NS(=O)(=O)c2cc(NC(=O)c3ccccc3)ccc2OC)cc1. The van der Waals surface area contributed by atoms with Gasteiger partial charge in [0, 0.05) is 16.9 Å². The highest BCUT2D eigenvalue weighted by Crippen LogP contribution is 2.29. The minimum Gasteiger partial charge on any atom is -0.495 e. The Kier molecular flexibility index (Phi) is 6.58. The lowest BCUT2D eigenvalue weighted by molar-refractivity contribution is 0.102. The first kappa shape index (κ1) is 21.2. The highest BCUT2D eigenvalue weighted by atomic mass is 32.2. The van der Waals surface area contributed by atoms with Crippen molar-refractivity contribution < 1.29 is 22.7 Å². The van der Waals surface area contributed by atoms with E-state index in [0.717, 1.165) is 0 Å². The maximum absolute atomic E-state index is 13.0. The van der Waals surface area contributed by atoms with Crippen LogP contribution in [0.3, 0.4) is 0 Å². The largest absolute Gasteiger partial charge is 0.495 e. The second-order valence-corrected chi connectivity index (χ2v) is 7.90. The molecule has 3 rings (SSSR count). The number of nitrogens with one attached hydrogen (secondary N) is 2. The summed E-state index contributed by atoms with van der Waals surface area (Å²) in [6, 6.07) is 19.6. The molecule has 0 aliphatic carbocycles. The molecule has 8 heteroatoms. The highest BCUT2D eigenvalue weighted by molar-refractivity contribution is 7.92. The number of carbonyl (C=O) groups excluding carboxylic acids is 1. The van der Waals surface area contributed by atoms with E-state index in [4.69, 9.17) is 9.47 Å². The van der Waals surface area contributed by atoms with Crippen molar-refractivity contribution in [2.75, 3.05) is 23.8 Å². The zero-order valence-corrected chi connectivity index (χ0v) is 17.4. The molecule has 0 aliphatic heterocycles. The fourth-order valence-electron chi connectivity index (χ4n) is 2.75. The highest BCUT2D eigenvalue weighted by Gasteiger charge is 2.21. The molecule has 0 spiro atoms. The summed E-state index contributed by atoms with van der Waals surface area (Å²) in [7, 11) is -2.59. The van der Waals surface area contributed by atoms with Crippen molar-refractivity contribution in [3.05, 3.63) is 78.4 Å². The number of ether oxygens (including phenoxy) is 2. The Morgan fingerprint density at radius 2 is 1.60 bits per heavy atom. The smallest absolute Gasteiger partial charge is 0.265 e. The molecule has 0 aromatic heterocycles. The van der Waals surface area contributed by atoms with Gasteiger partial charge in [0.05, 0.1) is 13.7 Å². The molecule has 156 valence electrons. The molecular weight excluding hydrogens is 404 g/mol. The molecule has 3 aromatic rings. The second-order valence-electron chi connectivity index (χ2n) is 6.25. The monoisotopic (exact) mass is 426 g/mol. The summed E-state index contributed by atoms with van der Waals surface area (Å²) in [6.07, 6.45) is 0. The van der Waals surface area contributed by atoms with Crippen LogP contribution in [0.25, 0.3) is 0 Å². The van der Waals surface area contributed by atoms with E-state index in [1.807, 2.05) is 6.92 Å². The topological polar surface area (TPSA) is 93.7 Å². The Labute approximate surface area is 175 Å². The van der Waals surface area contributed by atoms with Crippen molar-refractivity contribution >= 4 is 27.3 Å². The van der Waals surface area contributed by atoms with E-state index in [2.05, 4.69) is 10.0 Å². The number of anilines is 2. The molecule has 1 amide bonds. The average molecular weight is 426 g/mol. The van der Waals surface area contributed by atoms with E-state index in [-0.39, 0.29) is 16.6 Å². The fourth-order valence-corrected chi connectivity index (χ4v) is 4.01. The molecule has 30 heavy (non-hydrogen) atoms. The molecule has 2 N–H and O–H groups in total. The zero-order valence-electron chi connectivity index (χ0n) is 16.6. The molecule has 0 heterocycles. The molecule has 7 nitrogen and oxygen atoms in total. The lowest BCUT2D eigenvalue weighted by Gasteiger charge is -2.14. The van der Waals surface area contributed by atoms with Crippen molar-refractivity contribution in [1.29, 1.82) is 0 Å². The lowest BCUT2D eigenvalue weighted by atomic mass is 10.2. The first-order chi connectivity index (χ1) is 14.4. The first-order valence-electron chi connectivity index (χ1n) is 9.23. The van der Waals surface area contributed by atoms with Gasteiger partial charge in [-0.25, -0.2) is 8.42 Å². The van der Waals surface area contributed by atoms with Gasteiger partial charge in [-0.05, 0) is 61.5 Å². The van der Waals surface area contributed by atoms with Gasteiger partial charge in [-0.15, -0.1) is 0 Å². The Bertz CT molecular complexity index is 1110. The number of hydrogen-bond acceptors (Lipinski definition) is 5. The molecular formula is C22H22N2O5S. The Morgan fingerprint density at radius 3 is 2.23 bits per heavy atom. The van der Waals surface area contributed by atoms with E-state index in [0.29, 0.717) is 29.3 Å². The summed E-state index contributed by atoms with van der Waals surface area (Å²) in [4.78, 5) is 12.3. The van der Waals surface area contributed by atoms with Crippen LogP contribution < -0.4 is 19.5 Å². The van der Waals surface area contributed by atoms with Gasteiger partial charge >= 0.3 is 0 Å². The van der Waals surface area contributed by atoms with Gasteiger partial charge in [-0.1, -0.05) is 18.2 Å². The summed E-state index contributed by atoms with van der Waals surface area (Å²) in [5.41, 5.74) is 1.17. The minimum absolute atomic E-state index is 0.0928. The molecule has 0 atom stereocenters. The molecule has 0 fully saturated rings. The summed E-state index contributed by atoms with van der Waals surface area (Å²) in [5, 5.41) is 2.70. The number of carbonyl (C=O) groups is 1. The minimum atomic E-state index is -3.97. The summed E-state index contributed by atoms with van der Waals surface area (Å²) in [5.74, 6) is 0.457. The third-order valence-electron chi connectivity index (χ3n) is 4.16. The van der Waals surface area contributed by atoms with E-state index >= 15 is 0 Å². The van der Waals surface area contributed by atoms with Gasteiger partial charge in [-0.2, -0.15) is 0 Å². The molecule has 0 saturated heterocycles. The standard InChI is InChI=1S/C22H22N2O5S/c1-3-29-19-12-9-17(10-13-19)24-30(26,27)21-15-18(11-14-20(21)28-2)23-22(25)16-7-5-4-6-8-16/h4-15,24H,3H2,1-2H3,(H,23,25). The van der Waals surface area contributed by atoms with Crippen LogP contribution in [0.1, 0.15) is 17.3 Å². The van der Waals surface area contributed by atoms with Crippen LogP contribution in [0.2, 0.25) is 0 Å². The van der Waals surface area contributed by atoms with Crippen molar-refractivity contribution in [1.82, 2.24) is 0 Å². The number of methoxy groups -OCH3 is 1. The Morgan fingerprint density at radius 1 is 0.933 bits per heavy atom. The fraction of sp³-hybridized carbons (Fsp3) is 0.136. The normalized spacial score (nSPS) is 10.9. The lowest BCUT2D eigenvalue weighted by Crippen LogP contribution is -2.16. The number of sulfonamides is 1. The van der Waals surface area contributed by atoms with Crippen LogP contribution >= 0.6 is 0 Å². The van der Waals surface area contributed by atoms with Gasteiger partial charge in [0.2, 0.25) is 0 Å². The van der Waals surface area contributed by atoms with E-state index in [1.54, 1.807) is 60.7 Å². The van der Waals surface area contributed by atoms with Crippen LogP contribution in [0, 0.1) is 0 Å². The molecule has 0 radical (unpaired) electrons. The quantitative estimate of drug-likeness (QED) is 0.564. The van der Waals surface area contributed by atoms with Gasteiger partial charge in [0.1, 0.15) is 16.4 Å². The van der Waals surface area contributed by atoms with Crippen LogP contribution in [0.15, 0.2) is 77.7 Å². The zero-order chi connectivity index (χ0) is 21.6. The molecule has 0 bridgehead atoms. The molecule has 0 aliphatic rings. The maximum Gasteiger partial charge on any atom is 0.265 e. The van der Waals surface area contributed by atoms with E-state index < -0.39 is 10.0 Å². The van der Waals surface area contributed by atoms with Gasteiger partial charge in [0.25, 0.3) is 15.9 Å². The summed E-state index contributed by atoms with van der Waals surface area (Å²) >= 11 is 0. The number of benzene rings is 3. The van der Waals surface area contributed by atoms with Crippen molar-refractivity contribution in [3.63, 3.8) is 0 Å². The summed E-state index contributed by atoms with van der Waals surface area (Å²) in [6.45, 7) is 2.39. The van der Waals surface area contributed by atoms with Crippen molar-refractivity contribution in [2.45, 2.75) is 11.8 Å². The van der Waals surface area contributed by atoms with Crippen LogP contribution in [-0.2, 0) is 10.0 Å². The maximum atomic E-state index is 13.0. The summed E-state index contributed by atoms with van der Waals surface area (Å²) < 4.78 is 39.0. The first-order valence-corrected chi connectivity index (χ1v) is 10.7. The molecule has 0 saturated carbocycles. The third kappa shape index (κ3) is 5.09. The third-order valence-corrected chi connectivity index (χ3v) is 5.57. The Balaban J connectivity index is 1.85. The second kappa shape index (κ2) is 9.32. The Hall–Kier alpha value is -3.52. The number of hydrogen-bond donors (Lipinski definition) is 2. The van der Waals surface area contributed by atoms with Crippen molar-refractivity contribution in [3.8, 4) is 11.5 Å². The predicted octanol–water partition coefficient (Wildman–Crippen LogP) is 4.15. The van der Waals surface area contributed by atoms with Crippen LogP contribution in [-0.4, -0.2) is 28.0 Å². The molecule has 3 aromatic carbocycles. The molecule has 0 unspecified atom stereocenters. The van der Waals surface area contributed by atoms with Crippen molar-refractivity contribution in [2.24, 2.45) is 0 Å². The number of rotatable bonds is 8. The average Bonchev–Trinajstić information content (AvgIpc) is 2.75. The predicted molar refractivity (Wildman–Crippen MR) is 116 cm³/mol. The van der Waals surface area contributed by atoms with Crippen LogP contribution in [0.4, 0.5) is 11.4 Å². The van der Waals surface area contributed by atoms with Gasteiger partial charge in [-0.3, -0.25) is 9.52 Å². The van der Waals surface area contributed by atoms with Gasteiger partial charge in [0.15, 0.2) is 0 Å². The van der Waals surface area contributed by atoms with E-state index in [1.165, 1.54) is 19.2 Å². The number of amides is 1. The van der Waals surface area contributed by atoms with Crippen LogP contribution in [0.5, 0.6) is 11.5 Å². The van der Waals surface area contributed by atoms with Gasteiger partial charge < -0.3 is 14.8 Å².